The van der Waals surface area contributed by atoms with Crippen molar-refractivity contribution in [3.8, 4) is 0 Å². The number of rotatable bonds is 5. The molecule has 122 valence electrons. The molecular formula is C16H18N2O4S. The lowest BCUT2D eigenvalue weighted by atomic mass is 9.84. The molecule has 3 rings (SSSR count). The van der Waals surface area contributed by atoms with E-state index in [9.17, 15) is 14.4 Å². The third kappa shape index (κ3) is 3.25. The van der Waals surface area contributed by atoms with Gasteiger partial charge in [-0.25, -0.2) is 0 Å². The third-order valence-corrected chi connectivity index (χ3v) is 5.36. The van der Waals surface area contributed by atoms with Crippen LogP contribution in [0.2, 0.25) is 0 Å². The highest BCUT2D eigenvalue weighted by molar-refractivity contribution is 8.15. The minimum absolute atomic E-state index is 0.00952. The molecule has 1 fully saturated rings. The Morgan fingerprint density at radius 3 is 2.74 bits per heavy atom. The Morgan fingerprint density at radius 2 is 2.04 bits per heavy atom. The largest absolute Gasteiger partial charge is 0.396 e. The second kappa shape index (κ2) is 6.72. The number of anilines is 1. The quantitative estimate of drug-likeness (QED) is 0.763. The van der Waals surface area contributed by atoms with E-state index in [0.717, 1.165) is 28.6 Å². The first-order chi connectivity index (χ1) is 11.1. The molecule has 0 radical (unpaired) electrons. The smallest absolute Gasteiger partial charge is 0.286 e. The number of thioether (sulfide) groups is 1. The molecular weight excluding hydrogens is 316 g/mol. The summed E-state index contributed by atoms with van der Waals surface area (Å²) in [6.45, 7) is 0.0369. The van der Waals surface area contributed by atoms with Gasteiger partial charge >= 0.3 is 0 Å². The lowest BCUT2D eigenvalue weighted by Gasteiger charge is -2.27. The molecule has 0 spiro atoms. The Balaban J connectivity index is 1.97. The van der Waals surface area contributed by atoms with Crippen molar-refractivity contribution in [2.45, 2.75) is 36.9 Å². The molecule has 2 heterocycles. The standard InChI is InChI=1S/C16H18N2O4S/c19-8-2-4-11(14-15(21)18-16(22)23-14)9-3-1-5-12-10(9)6-7-13(20)17-12/h1,3,5,11,14,19H,2,4,6-8H2,(H,17,20)(H,18,21,22). The minimum atomic E-state index is -0.488. The van der Waals surface area contributed by atoms with Crippen molar-refractivity contribution in [3.63, 3.8) is 0 Å². The Kier molecular flexibility index (Phi) is 4.68. The van der Waals surface area contributed by atoms with Gasteiger partial charge in [-0.3, -0.25) is 19.7 Å². The molecule has 1 saturated heterocycles. The van der Waals surface area contributed by atoms with Gasteiger partial charge in [0, 0.05) is 24.6 Å². The summed E-state index contributed by atoms with van der Waals surface area (Å²) in [5, 5.41) is 13.5. The van der Waals surface area contributed by atoms with Crippen LogP contribution < -0.4 is 10.6 Å². The highest BCUT2D eigenvalue weighted by Gasteiger charge is 2.39. The van der Waals surface area contributed by atoms with Crippen molar-refractivity contribution in [3.05, 3.63) is 29.3 Å². The second-order valence-electron chi connectivity index (χ2n) is 5.71. The zero-order valence-corrected chi connectivity index (χ0v) is 13.3. The molecule has 1 aromatic carbocycles. The first-order valence-corrected chi connectivity index (χ1v) is 8.52. The molecule has 7 heteroatoms. The molecule has 2 unspecified atom stereocenters. The van der Waals surface area contributed by atoms with E-state index < -0.39 is 5.25 Å². The Morgan fingerprint density at radius 1 is 1.22 bits per heavy atom. The van der Waals surface area contributed by atoms with Gasteiger partial charge in [0.2, 0.25) is 11.8 Å². The van der Waals surface area contributed by atoms with Gasteiger partial charge in [-0.1, -0.05) is 23.9 Å². The van der Waals surface area contributed by atoms with Crippen LogP contribution in [0, 0.1) is 0 Å². The number of carbonyl (C=O) groups is 3. The minimum Gasteiger partial charge on any atom is -0.396 e. The van der Waals surface area contributed by atoms with E-state index >= 15 is 0 Å². The number of aliphatic hydroxyl groups is 1. The van der Waals surface area contributed by atoms with E-state index in [1.807, 2.05) is 18.2 Å². The summed E-state index contributed by atoms with van der Waals surface area (Å²) in [4.78, 5) is 35.2. The van der Waals surface area contributed by atoms with Gasteiger partial charge in [0.05, 0.1) is 0 Å². The summed E-state index contributed by atoms with van der Waals surface area (Å²) in [5.74, 6) is -0.450. The number of carbonyl (C=O) groups excluding carboxylic acids is 3. The van der Waals surface area contributed by atoms with Crippen LogP contribution in [-0.4, -0.2) is 34.0 Å². The molecule has 3 amide bonds. The van der Waals surface area contributed by atoms with E-state index in [0.29, 0.717) is 25.7 Å². The van der Waals surface area contributed by atoms with Crippen molar-refractivity contribution in [2.75, 3.05) is 11.9 Å². The second-order valence-corrected chi connectivity index (χ2v) is 6.82. The molecule has 3 N–H and O–H groups in total. The maximum Gasteiger partial charge on any atom is 0.286 e. The third-order valence-electron chi connectivity index (χ3n) is 4.24. The zero-order valence-electron chi connectivity index (χ0n) is 12.5. The van der Waals surface area contributed by atoms with Crippen molar-refractivity contribution < 1.29 is 19.5 Å². The van der Waals surface area contributed by atoms with Crippen LogP contribution in [0.1, 0.15) is 36.3 Å². The summed E-state index contributed by atoms with van der Waals surface area (Å²) < 4.78 is 0. The first-order valence-electron chi connectivity index (χ1n) is 7.64. The van der Waals surface area contributed by atoms with E-state index in [4.69, 9.17) is 5.11 Å². The fourth-order valence-electron chi connectivity index (χ4n) is 3.22. The maximum absolute atomic E-state index is 12.1. The predicted molar refractivity (Wildman–Crippen MR) is 87.4 cm³/mol. The van der Waals surface area contributed by atoms with Gasteiger partial charge in [-0.2, -0.15) is 0 Å². The van der Waals surface area contributed by atoms with Gasteiger partial charge < -0.3 is 10.4 Å². The number of fused-ring (bicyclic) bond motifs is 1. The number of hydrogen-bond donors (Lipinski definition) is 3. The zero-order chi connectivity index (χ0) is 16.4. The SMILES string of the molecule is O=C1CCc2c(cccc2C(CCCO)C2SC(=O)NC2=O)N1. The molecule has 23 heavy (non-hydrogen) atoms. The molecule has 2 aliphatic rings. The van der Waals surface area contributed by atoms with Crippen LogP contribution >= 0.6 is 11.8 Å². The average molecular weight is 334 g/mol. The molecule has 0 aliphatic carbocycles. The molecule has 0 saturated carbocycles. The number of imide groups is 1. The Hall–Kier alpha value is -1.86. The molecule has 1 aromatic rings. The monoisotopic (exact) mass is 334 g/mol. The van der Waals surface area contributed by atoms with E-state index in [1.54, 1.807) is 0 Å². The predicted octanol–water partition coefficient (Wildman–Crippen LogP) is 1.78. The molecule has 2 atom stereocenters. The summed E-state index contributed by atoms with van der Waals surface area (Å²) in [7, 11) is 0. The average Bonchev–Trinajstić information content (AvgIpc) is 2.86. The van der Waals surface area contributed by atoms with Crippen LogP contribution in [0.3, 0.4) is 0 Å². The fraction of sp³-hybridized carbons (Fsp3) is 0.438. The highest BCUT2D eigenvalue weighted by atomic mass is 32.2. The lowest BCUT2D eigenvalue weighted by molar-refractivity contribution is -0.119. The molecule has 6 nitrogen and oxygen atoms in total. The van der Waals surface area contributed by atoms with Gasteiger partial charge in [0.15, 0.2) is 0 Å². The van der Waals surface area contributed by atoms with Crippen LogP contribution in [0.15, 0.2) is 18.2 Å². The molecule has 0 aromatic heterocycles. The lowest BCUT2D eigenvalue weighted by Crippen LogP contribution is -2.30. The van der Waals surface area contributed by atoms with Crippen molar-refractivity contribution in [2.24, 2.45) is 0 Å². The summed E-state index contributed by atoms with van der Waals surface area (Å²) >= 11 is 1.01. The fourth-order valence-corrected chi connectivity index (χ4v) is 4.22. The number of aliphatic hydroxyl groups excluding tert-OH is 1. The first kappa shape index (κ1) is 16.0. The Bertz CT molecular complexity index is 661. The summed E-state index contributed by atoms with van der Waals surface area (Å²) in [5.41, 5.74) is 2.79. The number of nitrogens with one attached hydrogen (secondary N) is 2. The summed E-state index contributed by atoms with van der Waals surface area (Å²) in [6.07, 6.45) is 2.21. The molecule has 0 bridgehead atoms. The topological polar surface area (TPSA) is 95.5 Å². The number of amides is 3. The summed E-state index contributed by atoms with van der Waals surface area (Å²) in [6, 6.07) is 5.66. The highest BCUT2D eigenvalue weighted by Crippen LogP contribution is 2.40. The van der Waals surface area contributed by atoms with E-state index in [-0.39, 0.29) is 29.6 Å². The van der Waals surface area contributed by atoms with Gasteiger partial charge in [-0.15, -0.1) is 0 Å². The normalized spacial score (nSPS) is 21.6. The number of benzene rings is 1. The van der Waals surface area contributed by atoms with Gasteiger partial charge in [0.25, 0.3) is 5.24 Å². The van der Waals surface area contributed by atoms with E-state index in [2.05, 4.69) is 10.6 Å². The van der Waals surface area contributed by atoms with Crippen LogP contribution in [0.4, 0.5) is 10.5 Å². The van der Waals surface area contributed by atoms with Crippen LogP contribution in [-0.2, 0) is 16.0 Å². The van der Waals surface area contributed by atoms with Gasteiger partial charge in [0.1, 0.15) is 5.25 Å². The van der Waals surface area contributed by atoms with E-state index in [1.165, 1.54) is 0 Å². The van der Waals surface area contributed by atoms with Crippen molar-refractivity contribution >= 4 is 34.5 Å². The van der Waals surface area contributed by atoms with Crippen molar-refractivity contribution in [1.29, 1.82) is 0 Å². The maximum atomic E-state index is 12.1. The number of hydrogen-bond acceptors (Lipinski definition) is 5. The van der Waals surface area contributed by atoms with Crippen LogP contribution in [0.5, 0.6) is 0 Å². The van der Waals surface area contributed by atoms with Crippen LogP contribution in [0.25, 0.3) is 0 Å². The Labute approximate surface area is 138 Å². The van der Waals surface area contributed by atoms with Crippen molar-refractivity contribution in [1.82, 2.24) is 5.32 Å². The molecule has 2 aliphatic heterocycles. The van der Waals surface area contributed by atoms with Gasteiger partial charge in [-0.05, 0) is 36.5 Å².